The van der Waals surface area contributed by atoms with Gasteiger partial charge in [0.1, 0.15) is 0 Å². The first kappa shape index (κ1) is 20.8. The molecule has 1 fully saturated rings. The van der Waals surface area contributed by atoms with Crippen LogP contribution in [0.3, 0.4) is 0 Å². The van der Waals surface area contributed by atoms with Crippen LogP contribution in [0.1, 0.15) is 50.2 Å². The first-order valence-electron chi connectivity index (χ1n) is 10.3. The van der Waals surface area contributed by atoms with Crippen molar-refractivity contribution in [2.45, 2.75) is 58.5 Å². The number of rotatable bonds is 8. The fourth-order valence-electron chi connectivity index (χ4n) is 3.87. The normalized spacial score (nSPS) is 14.5. The van der Waals surface area contributed by atoms with E-state index in [1.165, 1.54) is 18.4 Å². The van der Waals surface area contributed by atoms with Crippen molar-refractivity contribution >= 4 is 28.2 Å². The Hall–Kier alpha value is -1.92. The zero-order valence-corrected chi connectivity index (χ0v) is 17.7. The van der Waals surface area contributed by atoms with Gasteiger partial charge < -0.3 is 19.9 Å². The van der Waals surface area contributed by atoms with Crippen LogP contribution in [0, 0.1) is 6.92 Å². The van der Waals surface area contributed by atoms with E-state index in [4.69, 9.17) is 17.0 Å². The van der Waals surface area contributed by atoms with Crippen molar-refractivity contribution in [1.29, 1.82) is 0 Å². The summed E-state index contributed by atoms with van der Waals surface area (Å²) in [6.45, 7) is 6.87. The van der Waals surface area contributed by atoms with E-state index in [9.17, 15) is 4.79 Å². The van der Waals surface area contributed by atoms with E-state index in [2.05, 4.69) is 28.2 Å². The lowest BCUT2D eigenvalue weighted by molar-refractivity contribution is 0.145. The van der Waals surface area contributed by atoms with Crippen molar-refractivity contribution in [2.75, 3.05) is 19.8 Å². The van der Waals surface area contributed by atoms with Gasteiger partial charge in [-0.1, -0.05) is 24.5 Å². The van der Waals surface area contributed by atoms with Gasteiger partial charge in [0.05, 0.1) is 6.54 Å². The predicted octanol–water partition coefficient (Wildman–Crippen LogP) is 3.88. The summed E-state index contributed by atoms with van der Waals surface area (Å²) in [7, 11) is 0. The molecule has 0 bridgehead atoms. The van der Waals surface area contributed by atoms with Crippen molar-refractivity contribution < 1.29 is 4.74 Å². The van der Waals surface area contributed by atoms with E-state index in [1.807, 2.05) is 25.1 Å². The summed E-state index contributed by atoms with van der Waals surface area (Å²) >= 11 is 5.71. The minimum absolute atomic E-state index is 0.0292. The van der Waals surface area contributed by atoms with Crippen LogP contribution in [-0.4, -0.2) is 40.8 Å². The Labute approximate surface area is 172 Å². The molecule has 1 aliphatic carbocycles. The van der Waals surface area contributed by atoms with Gasteiger partial charge in [0, 0.05) is 36.9 Å². The highest BCUT2D eigenvalue weighted by atomic mass is 32.1. The molecule has 1 saturated carbocycles. The van der Waals surface area contributed by atoms with Gasteiger partial charge in [-0.2, -0.15) is 0 Å². The summed E-state index contributed by atoms with van der Waals surface area (Å²) in [5.74, 6) is 0. The number of hydrogen-bond donors (Lipinski definition) is 2. The molecule has 2 N–H and O–H groups in total. The molecule has 1 aromatic heterocycles. The zero-order valence-electron chi connectivity index (χ0n) is 16.9. The maximum atomic E-state index is 12.7. The third kappa shape index (κ3) is 5.32. The number of aromatic nitrogens is 1. The van der Waals surface area contributed by atoms with Crippen molar-refractivity contribution in [3.8, 4) is 0 Å². The van der Waals surface area contributed by atoms with E-state index in [0.29, 0.717) is 12.6 Å². The highest BCUT2D eigenvalue weighted by Crippen LogP contribution is 2.25. The van der Waals surface area contributed by atoms with Crippen molar-refractivity contribution in [1.82, 2.24) is 15.2 Å². The summed E-state index contributed by atoms with van der Waals surface area (Å²) < 4.78 is 5.40. The molecule has 1 aliphatic rings. The Bertz CT molecular complexity index is 858. The Morgan fingerprint density at radius 2 is 2.11 bits per heavy atom. The summed E-state index contributed by atoms with van der Waals surface area (Å²) in [5.41, 5.74) is 2.80. The number of hydrogen-bond acceptors (Lipinski definition) is 3. The predicted molar refractivity (Wildman–Crippen MR) is 119 cm³/mol. The lowest BCUT2D eigenvalue weighted by Gasteiger charge is -2.31. The zero-order chi connectivity index (χ0) is 19.9. The molecule has 0 radical (unpaired) electrons. The number of fused-ring (bicyclic) bond motifs is 1. The molecule has 152 valence electrons. The average Bonchev–Trinajstić information content (AvgIpc) is 3.20. The fraction of sp³-hybridized carbons (Fsp3) is 0.545. The van der Waals surface area contributed by atoms with Gasteiger partial charge in [0.25, 0.3) is 5.56 Å². The molecule has 1 aromatic carbocycles. The van der Waals surface area contributed by atoms with Gasteiger partial charge in [-0.25, -0.2) is 0 Å². The standard InChI is InChI=1S/C22H31N3O2S/c1-3-27-12-6-11-23-22(28)25(19-7-4-5-8-19)15-18-14-17-13-16(2)9-10-20(17)24-21(18)26/h9-10,13-14,19H,3-8,11-12,15H2,1-2H3,(H,23,28)(H,24,26). The lowest BCUT2D eigenvalue weighted by Crippen LogP contribution is -2.45. The average molecular weight is 402 g/mol. The number of thiocarbonyl (C=S) groups is 1. The van der Waals surface area contributed by atoms with Gasteiger partial charge in [0.15, 0.2) is 5.11 Å². The number of nitrogens with one attached hydrogen (secondary N) is 2. The summed E-state index contributed by atoms with van der Waals surface area (Å²) in [6.07, 6.45) is 5.63. The summed E-state index contributed by atoms with van der Waals surface area (Å²) in [4.78, 5) is 17.9. The molecule has 6 heteroatoms. The third-order valence-electron chi connectivity index (χ3n) is 5.39. The first-order chi connectivity index (χ1) is 13.6. The molecule has 0 aliphatic heterocycles. The van der Waals surface area contributed by atoms with E-state index in [0.717, 1.165) is 60.6 Å². The molecule has 3 rings (SSSR count). The molecular formula is C22H31N3O2S. The van der Waals surface area contributed by atoms with Crippen LogP contribution < -0.4 is 10.9 Å². The number of pyridine rings is 1. The Kier molecular flexibility index (Phi) is 7.45. The number of benzene rings is 1. The van der Waals surface area contributed by atoms with Crippen LogP contribution in [0.25, 0.3) is 10.9 Å². The minimum atomic E-state index is -0.0292. The number of nitrogens with zero attached hydrogens (tertiary/aromatic N) is 1. The number of aromatic amines is 1. The number of ether oxygens (including phenoxy) is 1. The highest BCUT2D eigenvalue weighted by molar-refractivity contribution is 7.80. The monoisotopic (exact) mass is 401 g/mol. The van der Waals surface area contributed by atoms with Gasteiger partial charge in [0.2, 0.25) is 0 Å². The maximum absolute atomic E-state index is 12.7. The summed E-state index contributed by atoms with van der Waals surface area (Å²) in [5, 5.41) is 5.18. The summed E-state index contributed by atoms with van der Waals surface area (Å²) in [6, 6.07) is 8.51. The molecule has 0 unspecified atom stereocenters. The van der Waals surface area contributed by atoms with Crippen LogP contribution in [0.2, 0.25) is 0 Å². The molecule has 2 aromatic rings. The molecule has 0 atom stereocenters. The van der Waals surface area contributed by atoms with Gasteiger partial charge >= 0.3 is 0 Å². The van der Waals surface area contributed by atoms with Crippen molar-refractivity contribution in [3.05, 3.63) is 45.7 Å². The quantitative estimate of drug-likeness (QED) is 0.519. The van der Waals surface area contributed by atoms with Crippen molar-refractivity contribution in [2.24, 2.45) is 0 Å². The number of H-pyrrole nitrogens is 1. The van der Waals surface area contributed by atoms with Crippen LogP contribution in [0.5, 0.6) is 0 Å². The van der Waals surface area contributed by atoms with Gasteiger partial charge in [-0.3, -0.25) is 4.79 Å². The number of aryl methyl sites for hydroxylation is 1. The molecule has 0 spiro atoms. The molecule has 5 nitrogen and oxygen atoms in total. The smallest absolute Gasteiger partial charge is 0.253 e. The van der Waals surface area contributed by atoms with Crippen LogP contribution in [0.4, 0.5) is 0 Å². The third-order valence-corrected chi connectivity index (χ3v) is 5.77. The first-order valence-corrected chi connectivity index (χ1v) is 10.7. The lowest BCUT2D eigenvalue weighted by atomic mass is 10.1. The molecular weight excluding hydrogens is 370 g/mol. The van der Waals surface area contributed by atoms with Crippen LogP contribution in [-0.2, 0) is 11.3 Å². The SMILES string of the molecule is CCOCCCNC(=S)N(Cc1cc2cc(C)ccc2[nH]c1=O)C1CCCC1. The second kappa shape index (κ2) is 10.0. The largest absolute Gasteiger partial charge is 0.382 e. The van der Waals surface area contributed by atoms with Crippen molar-refractivity contribution in [3.63, 3.8) is 0 Å². The van der Waals surface area contributed by atoms with Gasteiger partial charge in [-0.05, 0) is 68.9 Å². The Morgan fingerprint density at radius 3 is 2.86 bits per heavy atom. The molecule has 1 heterocycles. The van der Waals surface area contributed by atoms with E-state index >= 15 is 0 Å². The second-order valence-corrected chi connectivity index (χ2v) is 7.95. The van der Waals surface area contributed by atoms with Crippen LogP contribution in [0.15, 0.2) is 29.1 Å². The maximum Gasteiger partial charge on any atom is 0.253 e. The molecule has 0 amide bonds. The Balaban J connectivity index is 1.75. The fourth-order valence-corrected chi connectivity index (χ4v) is 4.19. The molecule has 28 heavy (non-hydrogen) atoms. The Morgan fingerprint density at radius 1 is 1.32 bits per heavy atom. The van der Waals surface area contributed by atoms with E-state index in [1.54, 1.807) is 0 Å². The highest BCUT2D eigenvalue weighted by Gasteiger charge is 2.25. The minimum Gasteiger partial charge on any atom is -0.382 e. The van der Waals surface area contributed by atoms with E-state index < -0.39 is 0 Å². The van der Waals surface area contributed by atoms with E-state index in [-0.39, 0.29) is 5.56 Å². The second-order valence-electron chi connectivity index (χ2n) is 7.56. The topological polar surface area (TPSA) is 57.4 Å². The molecule has 0 saturated heterocycles. The van der Waals surface area contributed by atoms with Gasteiger partial charge in [-0.15, -0.1) is 0 Å². The van der Waals surface area contributed by atoms with Crippen LogP contribution >= 0.6 is 12.2 Å².